The molecule has 10 heteroatoms. The average molecular weight is 441 g/mol. The van der Waals surface area contributed by atoms with E-state index in [1.807, 2.05) is 0 Å². The Kier molecular flexibility index (Phi) is 6.42. The maximum atomic E-state index is 13.1. The molecule has 2 heterocycles. The van der Waals surface area contributed by atoms with E-state index in [1.54, 1.807) is 24.5 Å². The smallest absolute Gasteiger partial charge is 0.418 e. The van der Waals surface area contributed by atoms with Crippen LogP contribution in [0.25, 0.3) is 11.0 Å². The van der Waals surface area contributed by atoms with Gasteiger partial charge in [-0.1, -0.05) is 12.1 Å². The van der Waals surface area contributed by atoms with E-state index in [9.17, 15) is 18.0 Å². The lowest BCUT2D eigenvalue weighted by molar-refractivity contribution is -0.136. The van der Waals surface area contributed by atoms with E-state index in [0.717, 1.165) is 43.3 Å². The topological polar surface area (TPSA) is 69.5 Å². The number of fused-ring (bicyclic) bond motifs is 1. The summed E-state index contributed by atoms with van der Waals surface area (Å²) in [6, 6.07) is 9.37. The van der Waals surface area contributed by atoms with E-state index >= 15 is 0 Å². The maximum absolute atomic E-state index is 13.1. The number of anilines is 3. The molecule has 0 radical (unpaired) electrons. The molecule has 3 N–H and O–H groups in total. The lowest BCUT2D eigenvalue weighted by Gasteiger charge is -2.29. The van der Waals surface area contributed by atoms with Crippen molar-refractivity contribution >= 4 is 46.5 Å². The highest BCUT2D eigenvalue weighted by molar-refractivity contribution is 6.03. The van der Waals surface area contributed by atoms with E-state index in [2.05, 4.69) is 20.9 Å². The second kappa shape index (κ2) is 8.85. The summed E-state index contributed by atoms with van der Waals surface area (Å²) in [4.78, 5) is 14.5. The number of urea groups is 1. The molecule has 4 rings (SSSR count). The van der Waals surface area contributed by atoms with Gasteiger partial charge in [0.25, 0.3) is 0 Å². The molecule has 0 atom stereocenters. The summed E-state index contributed by atoms with van der Waals surface area (Å²) in [6.45, 7) is 3.22. The second-order valence-electron chi connectivity index (χ2n) is 6.69. The highest BCUT2D eigenvalue weighted by Crippen LogP contribution is 2.35. The molecule has 30 heavy (non-hydrogen) atoms. The number of benzene rings is 2. The first-order chi connectivity index (χ1) is 13.9. The van der Waals surface area contributed by atoms with Crippen LogP contribution in [0, 0.1) is 0 Å². The zero-order chi connectivity index (χ0) is 20.4. The molecule has 1 aromatic heterocycles. The van der Waals surface area contributed by atoms with Crippen LogP contribution in [0.4, 0.5) is 35.0 Å². The van der Waals surface area contributed by atoms with Gasteiger partial charge in [0.05, 0.1) is 23.2 Å². The van der Waals surface area contributed by atoms with Gasteiger partial charge in [0.1, 0.15) is 0 Å². The normalized spacial score (nSPS) is 14.3. The number of halogens is 4. The van der Waals surface area contributed by atoms with Gasteiger partial charge >= 0.3 is 12.2 Å². The number of carbonyl (C=O) groups excluding carboxylic acids is 1. The SMILES string of the molecule is Cl.O=C(Nc1cc(N2CCNCC2)c2occc2c1)Nc1ccccc1C(F)(F)F. The molecule has 1 fully saturated rings. The number of nitrogens with zero attached hydrogens (tertiary/aromatic N) is 1. The molecule has 1 aliphatic heterocycles. The Bertz CT molecular complexity index is 1030. The predicted molar refractivity (Wildman–Crippen MR) is 113 cm³/mol. The molecule has 0 unspecified atom stereocenters. The van der Waals surface area contributed by atoms with E-state index in [-0.39, 0.29) is 18.1 Å². The Morgan fingerprint density at radius 3 is 2.53 bits per heavy atom. The zero-order valence-electron chi connectivity index (χ0n) is 15.8. The number of para-hydroxylation sites is 1. The third-order valence-electron chi connectivity index (χ3n) is 4.73. The van der Waals surface area contributed by atoms with Gasteiger partial charge in [-0.2, -0.15) is 13.2 Å². The van der Waals surface area contributed by atoms with Crippen molar-refractivity contribution in [3.63, 3.8) is 0 Å². The summed E-state index contributed by atoms with van der Waals surface area (Å²) in [7, 11) is 0. The summed E-state index contributed by atoms with van der Waals surface area (Å²) < 4.78 is 45.0. The Balaban J connectivity index is 0.00000256. The van der Waals surface area contributed by atoms with E-state index in [0.29, 0.717) is 11.3 Å². The summed E-state index contributed by atoms with van der Waals surface area (Å²) >= 11 is 0. The first-order valence-electron chi connectivity index (χ1n) is 9.13. The third kappa shape index (κ3) is 4.63. The molecule has 1 saturated heterocycles. The van der Waals surface area contributed by atoms with Gasteiger partial charge in [-0.25, -0.2) is 4.79 Å². The van der Waals surface area contributed by atoms with Crippen LogP contribution >= 0.6 is 12.4 Å². The molecular weight excluding hydrogens is 421 g/mol. The van der Waals surface area contributed by atoms with Crippen LogP contribution in [0.1, 0.15) is 5.56 Å². The van der Waals surface area contributed by atoms with Crippen molar-refractivity contribution in [3.05, 3.63) is 54.3 Å². The van der Waals surface area contributed by atoms with Gasteiger partial charge in [-0.15, -0.1) is 12.4 Å². The summed E-state index contributed by atoms with van der Waals surface area (Å²) in [5, 5.41) is 8.99. The monoisotopic (exact) mass is 440 g/mol. The Morgan fingerprint density at radius 2 is 1.80 bits per heavy atom. The van der Waals surface area contributed by atoms with Crippen molar-refractivity contribution in [2.45, 2.75) is 6.18 Å². The second-order valence-corrected chi connectivity index (χ2v) is 6.69. The van der Waals surface area contributed by atoms with Crippen LogP contribution in [0.5, 0.6) is 0 Å². The van der Waals surface area contributed by atoms with Gasteiger partial charge in [-0.05, 0) is 30.3 Å². The molecule has 0 aliphatic carbocycles. The van der Waals surface area contributed by atoms with Gasteiger partial charge in [0.15, 0.2) is 5.58 Å². The Labute approximate surface area is 176 Å². The van der Waals surface area contributed by atoms with Crippen molar-refractivity contribution in [1.29, 1.82) is 0 Å². The average Bonchev–Trinajstić information content (AvgIpc) is 3.16. The number of hydrogen-bond acceptors (Lipinski definition) is 4. The molecule has 2 amide bonds. The number of nitrogens with one attached hydrogen (secondary N) is 3. The minimum absolute atomic E-state index is 0. The van der Waals surface area contributed by atoms with Crippen LogP contribution in [0.3, 0.4) is 0 Å². The molecule has 6 nitrogen and oxygen atoms in total. The molecule has 1 aliphatic rings. The van der Waals surface area contributed by atoms with Crippen molar-refractivity contribution < 1.29 is 22.4 Å². The van der Waals surface area contributed by atoms with Crippen molar-refractivity contribution in [2.75, 3.05) is 41.7 Å². The quantitative estimate of drug-likeness (QED) is 0.540. The standard InChI is InChI=1S/C20H19F3N4O2.ClH/c21-20(22,23)15-3-1-2-4-16(15)26-19(28)25-14-11-13-5-10-29-18(13)17(12-14)27-8-6-24-7-9-27;/h1-5,10-12,24H,6-9H2,(H2,25,26,28);1H. The van der Waals surface area contributed by atoms with E-state index < -0.39 is 17.8 Å². The number of furan rings is 1. The van der Waals surface area contributed by atoms with E-state index in [4.69, 9.17) is 4.42 Å². The van der Waals surface area contributed by atoms with Crippen molar-refractivity contribution in [2.24, 2.45) is 0 Å². The van der Waals surface area contributed by atoms with Crippen LogP contribution < -0.4 is 20.9 Å². The Morgan fingerprint density at radius 1 is 1.07 bits per heavy atom. The maximum Gasteiger partial charge on any atom is 0.418 e. The lowest BCUT2D eigenvalue weighted by Crippen LogP contribution is -2.43. The zero-order valence-corrected chi connectivity index (χ0v) is 16.6. The summed E-state index contributed by atoms with van der Waals surface area (Å²) in [5.41, 5.74) is 0.806. The molecule has 0 saturated carbocycles. The summed E-state index contributed by atoms with van der Waals surface area (Å²) in [6.07, 6.45) is -2.99. The van der Waals surface area contributed by atoms with Gasteiger partial charge in [0.2, 0.25) is 0 Å². The van der Waals surface area contributed by atoms with Crippen LogP contribution in [-0.4, -0.2) is 32.2 Å². The number of piperazine rings is 1. The minimum Gasteiger partial charge on any atom is -0.462 e. The molecule has 2 aromatic carbocycles. The molecular formula is C20H20ClF3N4O2. The fraction of sp³-hybridized carbons (Fsp3) is 0.250. The van der Waals surface area contributed by atoms with Crippen molar-refractivity contribution in [1.82, 2.24) is 5.32 Å². The first kappa shape index (κ1) is 21.8. The van der Waals surface area contributed by atoms with E-state index in [1.165, 1.54) is 18.2 Å². The fourth-order valence-corrected chi connectivity index (χ4v) is 3.40. The minimum atomic E-state index is -4.56. The van der Waals surface area contributed by atoms with Gasteiger partial charge in [0, 0.05) is 37.3 Å². The number of carbonyl (C=O) groups is 1. The molecule has 0 spiro atoms. The number of hydrogen-bond donors (Lipinski definition) is 3. The van der Waals surface area contributed by atoms with Crippen LogP contribution in [-0.2, 0) is 6.18 Å². The number of rotatable bonds is 3. The fourth-order valence-electron chi connectivity index (χ4n) is 3.40. The molecule has 0 bridgehead atoms. The number of alkyl halides is 3. The molecule has 3 aromatic rings. The first-order valence-corrected chi connectivity index (χ1v) is 9.13. The predicted octanol–water partition coefficient (Wildman–Crippen LogP) is 4.93. The Hall–Kier alpha value is -2.91. The van der Waals surface area contributed by atoms with Crippen LogP contribution in [0.15, 0.2) is 53.1 Å². The lowest BCUT2D eigenvalue weighted by atomic mass is 10.1. The van der Waals surface area contributed by atoms with Crippen LogP contribution in [0.2, 0.25) is 0 Å². The van der Waals surface area contributed by atoms with Crippen molar-refractivity contribution in [3.8, 4) is 0 Å². The van der Waals surface area contributed by atoms with Gasteiger partial charge in [-0.3, -0.25) is 0 Å². The third-order valence-corrected chi connectivity index (χ3v) is 4.73. The largest absolute Gasteiger partial charge is 0.462 e. The van der Waals surface area contributed by atoms with Gasteiger partial charge < -0.3 is 25.3 Å². The number of amides is 2. The summed E-state index contributed by atoms with van der Waals surface area (Å²) in [5.74, 6) is 0. The highest BCUT2D eigenvalue weighted by Gasteiger charge is 2.33. The molecule has 160 valence electrons. The highest BCUT2D eigenvalue weighted by atomic mass is 35.5.